The van der Waals surface area contributed by atoms with E-state index >= 15 is 0 Å². The summed E-state index contributed by atoms with van der Waals surface area (Å²) in [5, 5.41) is 0. The summed E-state index contributed by atoms with van der Waals surface area (Å²) in [4.78, 5) is 0. The Kier molecular flexibility index (Phi) is 6.01. The van der Waals surface area contributed by atoms with Crippen molar-refractivity contribution in [1.82, 2.24) is 0 Å². The smallest absolute Gasteiger partial charge is 0.200 e. The average molecular weight is 295 g/mol. The Hall–Kier alpha value is -1.12. The van der Waals surface area contributed by atoms with Crippen molar-refractivity contribution < 1.29 is 13.5 Å². The standard InChI is InChI=1S/C18H25F2O/c1-3-5-13-6-8-14(9-7-13)15-10-11-16(21-12-4-2)18(20)17(15)19/h10-11,13H,3-9,12H2,1-2H3. The van der Waals surface area contributed by atoms with Crippen molar-refractivity contribution >= 4 is 0 Å². The van der Waals surface area contributed by atoms with Crippen LogP contribution in [0.2, 0.25) is 0 Å². The van der Waals surface area contributed by atoms with Crippen LogP contribution in [0.5, 0.6) is 5.75 Å². The maximum absolute atomic E-state index is 14.2. The Bertz CT molecular complexity index is 451. The third-order valence-corrected chi connectivity index (χ3v) is 4.30. The molecule has 0 bridgehead atoms. The Morgan fingerprint density at radius 2 is 1.76 bits per heavy atom. The molecule has 1 nitrogen and oxygen atoms in total. The van der Waals surface area contributed by atoms with Crippen LogP contribution in [0.3, 0.4) is 0 Å². The molecule has 0 amide bonds. The van der Waals surface area contributed by atoms with Gasteiger partial charge in [0.2, 0.25) is 5.82 Å². The second-order valence-electron chi connectivity index (χ2n) is 5.92. The number of hydrogen-bond donors (Lipinski definition) is 0. The Balaban J connectivity index is 2.06. The van der Waals surface area contributed by atoms with Crippen molar-refractivity contribution in [2.24, 2.45) is 5.92 Å². The molecule has 0 N–H and O–H groups in total. The summed E-state index contributed by atoms with van der Waals surface area (Å²) >= 11 is 0. The molecule has 0 heterocycles. The minimum atomic E-state index is -0.843. The summed E-state index contributed by atoms with van der Waals surface area (Å²) in [5.41, 5.74) is 0.450. The molecule has 1 saturated carbocycles. The van der Waals surface area contributed by atoms with Gasteiger partial charge in [0.25, 0.3) is 0 Å². The van der Waals surface area contributed by atoms with E-state index in [1.165, 1.54) is 12.8 Å². The molecule has 2 rings (SSSR count). The molecule has 1 aliphatic rings. The first kappa shape index (κ1) is 16.3. The average Bonchev–Trinajstić information content (AvgIpc) is 2.50. The fourth-order valence-electron chi connectivity index (χ4n) is 3.12. The lowest BCUT2D eigenvalue weighted by atomic mass is 9.77. The van der Waals surface area contributed by atoms with Crippen LogP contribution >= 0.6 is 0 Å². The van der Waals surface area contributed by atoms with E-state index in [1.807, 2.05) is 6.92 Å². The largest absolute Gasteiger partial charge is 0.490 e. The van der Waals surface area contributed by atoms with E-state index in [-0.39, 0.29) is 5.75 Å². The van der Waals surface area contributed by atoms with Gasteiger partial charge in [0.15, 0.2) is 11.6 Å². The van der Waals surface area contributed by atoms with E-state index in [9.17, 15) is 8.78 Å². The highest BCUT2D eigenvalue weighted by Crippen LogP contribution is 2.39. The van der Waals surface area contributed by atoms with Crippen molar-refractivity contribution in [3.63, 3.8) is 0 Å². The highest BCUT2D eigenvalue weighted by molar-refractivity contribution is 5.39. The van der Waals surface area contributed by atoms with Gasteiger partial charge in [-0.2, -0.15) is 4.39 Å². The number of benzene rings is 1. The molecule has 0 saturated heterocycles. The molecule has 0 spiro atoms. The van der Waals surface area contributed by atoms with Crippen LogP contribution < -0.4 is 4.74 Å². The fourth-order valence-corrected chi connectivity index (χ4v) is 3.12. The summed E-state index contributed by atoms with van der Waals surface area (Å²) in [6.07, 6.45) is 7.18. The zero-order valence-corrected chi connectivity index (χ0v) is 13.1. The molecule has 0 aliphatic heterocycles. The van der Waals surface area contributed by atoms with Gasteiger partial charge in [-0.1, -0.05) is 32.8 Å². The van der Waals surface area contributed by atoms with Crippen LogP contribution in [0, 0.1) is 23.5 Å². The van der Waals surface area contributed by atoms with Gasteiger partial charge in [0.05, 0.1) is 6.61 Å². The maximum Gasteiger partial charge on any atom is 0.200 e. The molecule has 1 fully saturated rings. The number of rotatable bonds is 6. The topological polar surface area (TPSA) is 9.23 Å². The first-order chi connectivity index (χ1) is 10.2. The van der Waals surface area contributed by atoms with Crippen LogP contribution in [0.15, 0.2) is 12.1 Å². The minimum absolute atomic E-state index is 0.0263. The lowest BCUT2D eigenvalue weighted by Crippen LogP contribution is -2.15. The molecule has 117 valence electrons. The monoisotopic (exact) mass is 295 g/mol. The first-order valence-electron chi connectivity index (χ1n) is 8.13. The molecule has 0 aromatic heterocycles. The molecule has 1 aromatic carbocycles. The summed E-state index contributed by atoms with van der Waals surface area (Å²) in [6, 6.07) is 3.24. The first-order valence-corrected chi connectivity index (χ1v) is 8.13. The summed E-state index contributed by atoms with van der Waals surface area (Å²) in [5.74, 6) is 0.245. The molecule has 1 aliphatic carbocycles. The van der Waals surface area contributed by atoms with Crippen molar-refractivity contribution in [3.05, 3.63) is 35.2 Å². The van der Waals surface area contributed by atoms with Gasteiger partial charge >= 0.3 is 0 Å². The number of hydrogen-bond acceptors (Lipinski definition) is 1. The van der Waals surface area contributed by atoms with Gasteiger partial charge in [-0.25, -0.2) is 4.39 Å². The maximum atomic E-state index is 14.2. The van der Waals surface area contributed by atoms with Gasteiger partial charge in [0, 0.05) is 5.92 Å². The molecule has 0 atom stereocenters. The second kappa shape index (κ2) is 7.77. The number of ether oxygens (including phenoxy) is 1. The van der Waals surface area contributed by atoms with Crippen molar-refractivity contribution in [2.45, 2.75) is 58.8 Å². The zero-order valence-electron chi connectivity index (χ0n) is 13.1. The quantitative estimate of drug-likeness (QED) is 0.657. The van der Waals surface area contributed by atoms with Crippen molar-refractivity contribution in [1.29, 1.82) is 0 Å². The van der Waals surface area contributed by atoms with E-state index in [0.29, 0.717) is 12.2 Å². The summed E-state index contributed by atoms with van der Waals surface area (Å²) in [6.45, 7) is 4.54. The van der Waals surface area contributed by atoms with Gasteiger partial charge in [0.1, 0.15) is 0 Å². The third kappa shape index (κ3) is 3.96. The Morgan fingerprint density at radius 1 is 1.05 bits per heavy atom. The minimum Gasteiger partial charge on any atom is -0.490 e. The second-order valence-corrected chi connectivity index (χ2v) is 5.92. The van der Waals surface area contributed by atoms with Crippen LogP contribution in [0.4, 0.5) is 8.78 Å². The van der Waals surface area contributed by atoms with E-state index in [2.05, 4.69) is 6.92 Å². The van der Waals surface area contributed by atoms with Gasteiger partial charge in [-0.05, 0) is 49.7 Å². The summed E-state index contributed by atoms with van der Waals surface area (Å²) < 4.78 is 33.5. The van der Waals surface area contributed by atoms with E-state index in [1.54, 1.807) is 12.1 Å². The van der Waals surface area contributed by atoms with Gasteiger partial charge < -0.3 is 4.74 Å². The molecular formula is C18H25F2O. The van der Waals surface area contributed by atoms with E-state index < -0.39 is 11.6 Å². The van der Waals surface area contributed by atoms with Gasteiger partial charge in [-0.3, -0.25) is 0 Å². The fraction of sp³-hybridized carbons (Fsp3) is 0.611. The zero-order chi connectivity index (χ0) is 15.2. The summed E-state index contributed by atoms with van der Waals surface area (Å²) in [7, 11) is 0. The third-order valence-electron chi connectivity index (χ3n) is 4.30. The molecule has 3 heteroatoms. The predicted octanol–water partition coefficient (Wildman–Crippen LogP) is 5.67. The number of halogens is 2. The highest BCUT2D eigenvalue weighted by atomic mass is 19.2. The van der Waals surface area contributed by atoms with E-state index in [0.717, 1.165) is 43.9 Å². The molecular weight excluding hydrogens is 270 g/mol. The van der Waals surface area contributed by atoms with Gasteiger partial charge in [-0.15, -0.1) is 0 Å². The van der Waals surface area contributed by atoms with E-state index in [4.69, 9.17) is 4.74 Å². The highest BCUT2D eigenvalue weighted by Gasteiger charge is 2.26. The predicted molar refractivity (Wildman–Crippen MR) is 81.4 cm³/mol. The molecule has 0 unspecified atom stereocenters. The SMILES string of the molecule is CCCOc1ccc([C]2CCC(CCC)CC2)c(F)c1F. The molecule has 21 heavy (non-hydrogen) atoms. The van der Waals surface area contributed by atoms with Crippen molar-refractivity contribution in [3.8, 4) is 5.75 Å². The molecule has 1 aromatic rings. The van der Waals surface area contributed by atoms with Crippen molar-refractivity contribution in [2.75, 3.05) is 6.61 Å². The van der Waals surface area contributed by atoms with Crippen LogP contribution in [0.1, 0.15) is 64.4 Å². The normalized spacial score (nSPS) is 17.1. The molecule has 1 radical (unpaired) electrons. The van der Waals surface area contributed by atoms with Crippen LogP contribution in [0.25, 0.3) is 0 Å². The van der Waals surface area contributed by atoms with Crippen LogP contribution in [-0.4, -0.2) is 6.61 Å². The Morgan fingerprint density at radius 3 is 2.38 bits per heavy atom. The van der Waals surface area contributed by atoms with Crippen LogP contribution in [-0.2, 0) is 0 Å². The lowest BCUT2D eigenvalue weighted by Gasteiger charge is -2.28. The lowest BCUT2D eigenvalue weighted by molar-refractivity contribution is 0.294. The Labute approximate surface area is 126 Å².